The van der Waals surface area contributed by atoms with Crippen molar-refractivity contribution >= 4 is 46.5 Å². The summed E-state index contributed by atoms with van der Waals surface area (Å²) in [5, 5.41) is 6.74. The van der Waals surface area contributed by atoms with Gasteiger partial charge in [-0.1, -0.05) is 42.1 Å². The molecule has 204 valence electrons. The largest absolute Gasteiger partial charge is 0.353 e. The fraction of sp³-hybridized carbons (Fsp3) is 0.0968. The van der Waals surface area contributed by atoms with Gasteiger partial charge in [0.1, 0.15) is 11.6 Å². The zero-order valence-electron chi connectivity index (χ0n) is 22.2. The van der Waals surface area contributed by atoms with Gasteiger partial charge < -0.3 is 20.5 Å². The lowest BCUT2D eigenvalue weighted by Crippen LogP contribution is -2.29. The Morgan fingerprint density at radius 3 is 2.68 bits per heavy atom. The number of anilines is 4. The Bertz CT molecular complexity index is 1800. The minimum atomic E-state index is -0.426. The minimum Gasteiger partial charge on any atom is -0.353 e. The molecule has 0 fully saturated rings. The Labute approximate surface area is 240 Å². The van der Waals surface area contributed by atoms with E-state index in [-0.39, 0.29) is 18.4 Å². The molecule has 1 aliphatic rings. The molecule has 0 saturated carbocycles. The van der Waals surface area contributed by atoms with Crippen LogP contribution in [0.1, 0.15) is 22.8 Å². The monoisotopic (exact) mass is 564 g/mol. The first-order valence-electron chi connectivity index (χ1n) is 12.8. The van der Waals surface area contributed by atoms with Gasteiger partial charge in [-0.05, 0) is 60.4 Å². The highest BCUT2D eigenvalue weighted by Gasteiger charge is 2.27. The molecule has 2 amide bonds. The number of carbonyl (C=O) groups is 2. The summed E-state index contributed by atoms with van der Waals surface area (Å²) in [6.45, 7) is 1.65. The van der Waals surface area contributed by atoms with Crippen molar-refractivity contribution < 1.29 is 14.0 Å². The maximum absolute atomic E-state index is 14.4. The Hall–Kier alpha value is -4.96. The van der Waals surface area contributed by atoms with E-state index in [2.05, 4.69) is 20.6 Å². The van der Waals surface area contributed by atoms with Crippen molar-refractivity contribution in [2.75, 3.05) is 21.8 Å². The maximum atomic E-state index is 14.4. The molecular weight excluding hydrogens is 539 g/mol. The van der Waals surface area contributed by atoms with Crippen LogP contribution in [0.15, 0.2) is 90.2 Å². The first-order chi connectivity index (χ1) is 19.9. The molecule has 0 aliphatic carbocycles. The van der Waals surface area contributed by atoms with Gasteiger partial charge in [0.05, 0.1) is 40.6 Å². The summed E-state index contributed by atoms with van der Waals surface area (Å²) in [5.41, 5.74) is 6.28. The van der Waals surface area contributed by atoms with E-state index in [9.17, 15) is 14.0 Å². The second kappa shape index (κ2) is 10.9. The van der Waals surface area contributed by atoms with Crippen LogP contribution in [0, 0.1) is 5.82 Å². The summed E-state index contributed by atoms with van der Waals surface area (Å²) in [5.74, 6) is -0.422. The molecule has 6 rings (SSSR count). The van der Waals surface area contributed by atoms with Crippen molar-refractivity contribution in [2.45, 2.75) is 18.6 Å². The average Bonchev–Trinajstić information content (AvgIpc) is 3.37. The number of carbonyl (C=O) groups excluding carboxylic acids is 2. The van der Waals surface area contributed by atoms with Crippen molar-refractivity contribution in [2.24, 2.45) is 0 Å². The number of thioether (sulfide) groups is 1. The number of aromatic nitrogens is 3. The number of hydrogen-bond acceptors (Lipinski definition) is 6. The molecule has 1 aliphatic heterocycles. The Morgan fingerprint density at radius 1 is 1.00 bits per heavy atom. The number of aromatic amines is 1. The topological polar surface area (TPSA) is 103 Å². The predicted octanol–water partition coefficient (Wildman–Crippen LogP) is 6.86. The van der Waals surface area contributed by atoms with E-state index in [1.165, 1.54) is 30.8 Å². The smallest absolute Gasteiger partial charge is 0.260 e. The van der Waals surface area contributed by atoms with Crippen LogP contribution < -0.4 is 15.5 Å². The van der Waals surface area contributed by atoms with Gasteiger partial charge in [0.15, 0.2) is 5.16 Å². The number of para-hydroxylation sites is 1. The van der Waals surface area contributed by atoms with Crippen molar-refractivity contribution in [1.82, 2.24) is 15.0 Å². The third kappa shape index (κ3) is 5.29. The van der Waals surface area contributed by atoms with Gasteiger partial charge in [-0.25, -0.2) is 14.4 Å². The molecule has 41 heavy (non-hydrogen) atoms. The summed E-state index contributed by atoms with van der Waals surface area (Å²) in [4.78, 5) is 39.4. The first kappa shape index (κ1) is 26.3. The normalized spacial score (nSPS) is 12.3. The van der Waals surface area contributed by atoms with E-state index in [4.69, 9.17) is 4.98 Å². The van der Waals surface area contributed by atoms with Crippen LogP contribution in [-0.4, -0.2) is 33.0 Å². The molecule has 3 aromatic carbocycles. The number of benzene rings is 3. The lowest BCUT2D eigenvalue weighted by atomic mass is 10.0. The standard InChI is InChI=1S/C31H25FN6O2S/c1-18(39)34-27-15-21(12-13-33-27)29-28(36-31(37-29)41-2)20-7-5-6-19(14-20)17-38-26-16-22(32)10-11-25(26)35-24-9-4-3-8-23(24)30(38)40/h3-16,35H,17H2,1-2H3,(H,36,37)(H,33,34,39). The predicted molar refractivity (Wildman–Crippen MR) is 160 cm³/mol. The van der Waals surface area contributed by atoms with Gasteiger partial charge in [-0.2, -0.15) is 0 Å². The minimum absolute atomic E-state index is 0.209. The van der Waals surface area contributed by atoms with Crippen molar-refractivity contribution in [3.63, 3.8) is 0 Å². The number of pyridine rings is 1. The third-order valence-electron chi connectivity index (χ3n) is 6.69. The van der Waals surface area contributed by atoms with Crippen LogP contribution in [-0.2, 0) is 11.3 Å². The SMILES string of the molecule is CSc1nc(-c2cccc(CN3C(=O)c4ccccc4Nc4ccc(F)cc43)c2)c(-c2ccnc(NC(C)=O)c2)[nH]1. The highest BCUT2D eigenvalue weighted by atomic mass is 32.2. The molecular formula is C31H25FN6O2S. The number of H-pyrrole nitrogens is 1. The molecule has 0 saturated heterocycles. The van der Waals surface area contributed by atoms with E-state index >= 15 is 0 Å². The second-order valence-electron chi connectivity index (χ2n) is 9.50. The van der Waals surface area contributed by atoms with Gasteiger partial charge >= 0.3 is 0 Å². The van der Waals surface area contributed by atoms with E-state index in [1.54, 1.807) is 29.3 Å². The van der Waals surface area contributed by atoms with Gasteiger partial charge in [0.2, 0.25) is 5.91 Å². The second-order valence-corrected chi connectivity index (χ2v) is 10.3. The molecule has 3 heterocycles. The number of amides is 2. The van der Waals surface area contributed by atoms with E-state index in [0.29, 0.717) is 28.4 Å². The first-order valence-corrected chi connectivity index (χ1v) is 14.1. The van der Waals surface area contributed by atoms with Gasteiger partial charge in [-0.3, -0.25) is 9.59 Å². The van der Waals surface area contributed by atoms with Crippen LogP contribution in [0.2, 0.25) is 0 Å². The summed E-state index contributed by atoms with van der Waals surface area (Å²) in [6, 6.07) is 23.1. The number of hydrogen-bond donors (Lipinski definition) is 3. The summed E-state index contributed by atoms with van der Waals surface area (Å²) >= 11 is 1.48. The molecule has 0 spiro atoms. The third-order valence-corrected chi connectivity index (χ3v) is 7.27. The molecule has 2 aromatic heterocycles. The van der Waals surface area contributed by atoms with Crippen LogP contribution >= 0.6 is 11.8 Å². The molecule has 8 nitrogen and oxygen atoms in total. The van der Waals surface area contributed by atoms with Gasteiger partial charge in [0, 0.05) is 24.2 Å². The highest BCUT2D eigenvalue weighted by Crippen LogP contribution is 2.38. The van der Waals surface area contributed by atoms with Crippen molar-refractivity contribution in [3.05, 3.63) is 102 Å². The van der Waals surface area contributed by atoms with Crippen molar-refractivity contribution in [3.8, 4) is 22.5 Å². The number of halogens is 1. The molecule has 3 N–H and O–H groups in total. The average molecular weight is 565 g/mol. The molecule has 5 aromatic rings. The molecule has 0 unspecified atom stereocenters. The van der Waals surface area contributed by atoms with Gasteiger partial charge in [0.25, 0.3) is 5.91 Å². The number of nitrogens with zero attached hydrogens (tertiary/aromatic N) is 3. The van der Waals surface area contributed by atoms with E-state index in [1.807, 2.05) is 54.8 Å². The lowest BCUT2D eigenvalue weighted by molar-refractivity contribution is -0.114. The highest BCUT2D eigenvalue weighted by molar-refractivity contribution is 7.98. The lowest BCUT2D eigenvalue weighted by Gasteiger charge is -2.23. The molecule has 10 heteroatoms. The van der Waals surface area contributed by atoms with Crippen molar-refractivity contribution in [1.29, 1.82) is 0 Å². The fourth-order valence-electron chi connectivity index (χ4n) is 4.87. The number of fused-ring (bicyclic) bond motifs is 2. The Kier molecular flexibility index (Phi) is 6.98. The molecule has 0 bridgehead atoms. The van der Waals surface area contributed by atoms with Crippen LogP contribution in [0.25, 0.3) is 22.5 Å². The summed E-state index contributed by atoms with van der Waals surface area (Å²) in [6.07, 6.45) is 3.57. The van der Waals surface area contributed by atoms with Crippen LogP contribution in [0.5, 0.6) is 0 Å². The zero-order chi connectivity index (χ0) is 28.5. The molecule has 0 radical (unpaired) electrons. The fourth-order valence-corrected chi connectivity index (χ4v) is 5.26. The Morgan fingerprint density at radius 2 is 1.85 bits per heavy atom. The van der Waals surface area contributed by atoms with E-state index in [0.717, 1.165) is 33.2 Å². The Balaban J connectivity index is 1.40. The summed E-state index contributed by atoms with van der Waals surface area (Å²) < 4.78 is 14.4. The number of nitrogens with one attached hydrogen (secondary N) is 3. The number of imidazole rings is 1. The quantitative estimate of drug-likeness (QED) is 0.195. The number of rotatable bonds is 6. The maximum Gasteiger partial charge on any atom is 0.260 e. The van der Waals surface area contributed by atoms with Gasteiger partial charge in [-0.15, -0.1) is 0 Å². The molecule has 0 atom stereocenters. The van der Waals surface area contributed by atoms with Crippen LogP contribution in [0.3, 0.4) is 0 Å². The van der Waals surface area contributed by atoms with Crippen LogP contribution in [0.4, 0.5) is 27.3 Å². The zero-order valence-corrected chi connectivity index (χ0v) is 23.1. The van der Waals surface area contributed by atoms with E-state index < -0.39 is 5.82 Å². The summed E-state index contributed by atoms with van der Waals surface area (Å²) in [7, 11) is 0.